The largest absolute Gasteiger partial charge is 0.492 e. The Morgan fingerprint density at radius 2 is 2.03 bits per heavy atom. The Morgan fingerprint density at radius 1 is 1.26 bits per heavy atom. The summed E-state index contributed by atoms with van der Waals surface area (Å²) in [6.07, 6.45) is 4.13. The molecule has 0 saturated heterocycles. The zero-order valence-corrected chi connectivity index (χ0v) is 22.0. The van der Waals surface area contributed by atoms with Crippen molar-refractivity contribution in [1.82, 2.24) is 14.9 Å². The quantitative estimate of drug-likeness (QED) is 0.536. The number of allylic oxidation sites excluding steroid dienone is 1. The number of halogens is 1. The molecule has 0 aliphatic carbocycles. The minimum Gasteiger partial charge on any atom is -0.492 e. The molecule has 0 spiro atoms. The number of carbonyl (C=O) groups is 1. The van der Waals surface area contributed by atoms with E-state index >= 15 is 0 Å². The molecule has 0 radical (unpaired) electrons. The summed E-state index contributed by atoms with van der Waals surface area (Å²) in [6.45, 7) is 10.7. The van der Waals surface area contributed by atoms with Crippen LogP contribution >= 0.6 is 11.6 Å². The maximum absolute atomic E-state index is 12.8. The van der Waals surface area contributed by atoms with Crippen LogP contribution in [0.15, 0.2) is 18.2 Å². The van der Waals surface area contributed by atoms with Crippen molar-refractivity contribution in [2.45, 2.75) is 65.5 Å². The summed E-state index contributed by atoms with van der Waals surface area (Å²) < 4.78 is 11.7. The molecular weight excluding hydrogens is 466 g/mol. The first kappa shape index (κ1) is 25.1. The van der Waals surface area contributed by atoms with Crippen LogP contribution in [0.25, 0.3) is 5.57 Å². The number of amides is 1. The first-order valence-corrected chi connectivity index (χ1v) is 12.4. The molecule has 9 heteroatoms. The highest BCUT2D eigenvalue weighted by molar-refractivity contribution is 6.35. The first-order chi connectivity index (χ1) is 16.6. The maximum Gasteiger partial charge on any atom is 0.410 e. The number of hydrogen-bond donors (Lipinski definition) is 2. The molecule has 8 nitrogen and oxygen atoms in total. The SMILES string of the molecule is CNc1cc(C)nc(Nc2cc3c(c(C4=CCN(C(=O)OC(C)(C)C)C(C)CC4)c2Cl)OCC3)n1. The van der Waals surface area contributed by atoms with E-state index in [0.717, 1.165) is 58.9 Å². The molecule has 4 rings (SSSR count). The van der Waals surface area contributed by atoms with Gasteiger partial charge < -0.3 is 25.0 Å². The number of nitrogens with zero attached hydrogens (tertiary/aromatic N) is 3. The number of benzene rings is 1. The third-order valence-corrected chi connectivity index (χ3v) is 6.51. The van der Waals surface area contributed by atoms with Crippen LogP contribution < -0.4 is 15.4 Å². The Labute approximate surface area is 212 Å². The molecule has 1 aromatic heterocycles. The Bertz CT molecular complexity index is 1160. The fourth-order valence-electron chi connectivity index (χ4n) is 4.38. The van der Waals surface area contributed by atoms with Crippen molar-refractivity contribution in [3.63, 3.8) is 0 Å². The van der Waals surface area contributed by atoms with Crippen LogP contribution in [0.1, 0.15) is 57.4 Å². The molecule has 0 saturated carbocycles. The molecule has 1 unspecified atom stereocenters. The van der Waals surface area contributed by atoms with Crippen molar-refractivity contribution in [1.29, 1.82) is 0 Å². The Balaban J connectivity index is 1.69. The molecule has 2 aromatic rings. The van der Waals surface area contributed by atoms with Crippen LogP contribution in [-0.2, 0) is 11.2 Å². The smallest absolute Gasteiger partial charge is 0.410 e. The standard InChI is InChI=1S/C26H34ClN5O3/c1-15-13-20(28-6)31-24(29-15)30-19-14-18-10-12-34-23(18)21(22(19)27)17-8-7-16(2)32(11-9-17)25(33)35-26(3,4)5/h9,13-14,16H,7-8,10-12H2,1-6H3,(H2,28,29,30,31). The van der Waals surface area contributed by atoms with E-state index in [4.69, 9.17) is 21.1 Å². The fraction of sp³-hybridized carbons (Fsp3) is 0.500. The maximum atomic E-state index is 12.8. The molecule has 0 bridgehead atoms. The highest BCUT2D eigenvalue weighted by Crippen LogP contribution is 2.45. The predicted molar refractivity (Wildman–Crippen MR) is 140 cm³/mol. The monoisotopic (exact) mass is 499 g/mol. The van der Waals surface area contributed by atoms with Gasteiger partial charge in [-0.05, 0) is 59.1 Å². The zero-order chi connectivity index (χ0) is 25.3. The summed E-state index contributed by atoms with van der Waals surface area (Å²) in [5.41, 5.74) is 4.07. The van der Waals surface area contributed by atoms with Crippen LogP contribution in [-0.4, -0.2) is 52.8 Å². The molecule has 0 fully saturated rings. The van der Waals surface area contributed by atoms with E-state index < -0.39 is 5.60 Å². The van der Waals surface area contributed by atoms with Gasteiger partial charge in [-0.1, -0.05) is 17.7 Å². The zero-order valence-electron chi connectivity index (χ0n) is 21.3. The Hall–Kier alpha value is -3.00. The number of fused-ring (bicyclic) bond motifs is 1. The van der Waals surface area contributed by atoms with E-state index in [0.29, 0.717) is 24.1 Å². The molecule has 1 amide bonds. The van der Waals surface area contributed by atoms with E-state index in [-0.39, 0.29) is 12.1 Å². The lowest BCUT2D eigenvalue weighted by atomic mass is 9.95. The van der Waals surface area contributed by atoms with Crippen LogP contribution in [0.4, 0.5) is 22.2 Å². The van der Waals surface area contributed by atoms with Crippen molar-refractivity contribution in [3.05, 3.63) is 40.1 Å². The lowest BCUT2D eigenvalue weighted by Gasteiger charge is -2.30. The highest BCUT2D eigenvalue weighted by atomic mass is 35.5. The van der Waals surface area contributed by atoms with Crippen molar-refractivity contribution in [3.8, 4) is 5.75 Å². The molecule has 188 valence electrons. The van der Waals surface area contributed by atoms with Crippen molar-refractivity contribution < 1.29 is 14.3 Å². The third kappa shape index (κ3) is 5.64. The lowest BCUT2D eigenvalue weighted by molar-refractivity contribution is 0.0201. The van der Waals surface area contributed by atoms with Gasteiger partial charge in [0.2, 0.25) is 5.95 Å². The van der Waals surface area contributed by atoms with Gasteiger partial charge in [0.25, 0.3) is 0 Å². The normalized spacial score (nSPS) is 17.7. The average molecular weight is 500 g/mol. The summed E-state index contributed by atoms with van der Waals surface area (Å²) in [5, 5.41) is 6.93. The van der Waals surface area contributed by atoms with Gasteiger partial charge in [-0.15, -0.1) is 0 Å². The summed E-state index contributed by atoms with van der Waals surface area (Å²) in [7, 11) is 1.82. The van der Waals surface area contributed by atoms with Gasteiger partial charge in [-0.3, -0.25) is 0 Å². The highest BCUT2D eigenvalue weighted by Gasteiger charge is 2.30. The minimum absolute atomic E-state index is 0.0355. The van der Waals surface area contributed by atoms with E-state index in [1.54, 1.807) is 4.90 Å². The van der Waals surface area contributed by atoms with Crippen LogP contribution in [0.3, 0.4) is 0 Å². The van der Waals surface area contributed by atoms with Crippen LogP contribution in [0.2, 0.25) is 5.02 Å². The van der Waals surface area contributed by atoms with Crippen LogP contribution in [0.5, 0.6) is 5.75 Å². The van der Waals surface area contributed by atoms with Gasteiger partial charge >= 0.3 is 6.09 Å². The lowest BCUT2D eigenvalue weighted by Crippen LogP contribution is -2.41. The number of hydrogen-bond acceptors (Lipinski definition) is 7. The second-order valence-corrected chi connectivity index (χ2v) is 10.4. The molecule has 1 atom stereocenters. The van der Waals surface area contributed by atoms with Gasteiger partial charge in [0, 0.05) is 48.9 Å². The van der Waals surface area contributed by atoms with Gasteiger partial charge in [-0.25, -0.2) is 9.78 Å². The minimum atomic E-state index is -0.543. The predicted octanol–water partition coefficient (Wildman–Crippen LogP) is 5.96. The number of nitrogens with one attached hydrogen (secondary N) is 2. The molecule has 2 N–H and O–H groups in total. The summed E-state index contributed by atoms with van der Waals surface area (Å²) >= 11 is 7.01. The Kier molecular flexibility index (Phi) is 7.12. The summed E-state index contributed by atoms with van der Waals surface area (Å²) in [5.74, 6) is 2.02. The van der Waals surface area contributed by atoms with Gasteiger partial charge in [-0.2, -0.15) is 4.98 Å². The molecule has 3 heterocycles. The Morgan fingerprint density at radius 3 is 2.74 bits per heavy atom. The first-order valence-electron chi connectivity index (χ1n) is 12.0. The van der Waals surface area contributed by atoms with Gasteiger partial charge in [0.1, 0.15) is 17.2 Å². The number of aryl methyl sites for hydroxylation is 1. The number of carbonyl (C=O) groups excluding carboxylic acids is 1. The molecule has 1 aromatic carbocycles. The van der Waals surface area contributed by atoms with Crippen molar-refractivity contribution >= 4 is 40.7 Å². The summed E-state index contributed by atoms with van der Waals surface area (Å²) in [4.78, 5) is 23.6. The molecular formula is C26H34ClN5O3. The fourth-order valence-corrected chi connectivity index (χ4v) is 4.68. The second kappa shape index (κ2) is 9.93. The van der Waals surface area contributed by atoms with E-state index in [1.165, 1.54) is 0 Å². The van der Waals surface area contributed by atoms with Gasteiger partial charge in [0.15, 0.2) is 0 Å². The van der Waals surface area contributed by atoms with Crippen molar-refractivity contribution in [2.75, 3.05) is 30.8 Å². The van der Waals surface area contributed by atoms with Gasteiger partial charge in [0.05, 0.1) is 17.3 Å². The van der Waals surface area contributed by atoms with Crippen LogP contribution in [0, 0.1) is 6.92 Å². The van der Waals surface area contributed by atoms with Crippen molar-refractivity contribution in [2.24, 2.45) is 0 Å². The topological polar surface area (TPSA) is 88.6 Å². The second-order valence-electron chi connectivity index (χ2n) is 10.0. The number of aromatic nitrogens is 2. The number of rotatable bonds is 4. The van der Waals surface area contributed by atoms with E-state index in [1.807, 2.05) is 46.9 Å². The average Bonchev–Trinajstić information content (AvgIpc) is 3.14. The number of anilines is 3. The van der Waals surface area contributed by atoms with E-state index in [9.17, 15) is 4.79 Å². The molecule has 2 aliphatic rings. The molecule has 2 aliphatic heterocycles. The molecule has 35 heavy (non-hydrogen) atoms. The summed E-state index contributed by atoms with van der Waals surface area (Å²) in [6, 6.07) is 3.93. The number of ether oxygens (including phenoxy) is 2. The third-order valence-electron chi connectivity index (χ3n) is 6.11. The van der Waals surface area contributed by atoms with E-state index in [2.05, 4.69) is 33.6 Å².